The van der Waals surface area contributed by atoms with Gasteiger partial charge < -0.3 is 5.32 Å². The van der Waals surface area contributed by atoms with Crippen molar-refractivity contribution in [1.29, 1.82) is 0 Å². The van der Waals surface area contributed by atoms with Crippen molar-refractivity contribution in [3.05, 3.63) is 59.4 Å². The fraction of sp³-hybridized carbons (Fsp3) is 0.278. The molecule has 0 bridgehead atoms. The van der Waals surface area contributed by atoms with Crippen LogP contribution in [0.15, 0.2) is 42.5 Å². The summed E-state index contributed by atoms with van der Waals surface area (Å²) in [6.07, 6.45) is 0. The molecule has 27 heavy (non-hydrogen) atoms. The molecule has 1 fully saturated rings. The number of carbonyl (C=O) groups excluding carboxylic acids is 1. The van der Waals surface area contributed by atoms with Crippen molar-refractivity contribution < 1.29 is 17.6 Å². The van der Waals surface area contributed by atoms with Crippen molar-refractivity contribution in [2.24, 2.45) is 5.92 Å². The summed E-state index contributed by atoms with van der Waals surface area (Å²) in [5, 5.41) is 1.28. The largest absolute Gasteiger partial charge is 0.323 e. The van der Waals surface area contributed by atoms with Gasteiger partial charge in [-0.1, -0.05) is 23.8 Å². The molecule has 0 aliphatic carbocycles. The van der Waals surface area contributed by atoms with Gasteiger partial charge in [-0.05, 0) is 43.7 Å². The van der Waals surface area contributed by atoms with Crippen molar-refractivity contribution >= 4 is 27.3 Å². The van der Waals surface area contributed by atoms with Crippen LogP contribution in [0, 0.1) is 25.6 Å². The Morgan fingerprint density at radius 2 is 1.78 bits per heavy atom. The number of carbonyl (C=O) groups is 1. The second kappa shape index (κ2) is 7.63. The lowest BCUT2D eigenvalue weighted by atomic mass is 10.1. The average molecular weight is 392 g/mol. The third kappa shape index (κ3) is 4.44. The van der Waals surface area contributed by atoms with Gasteiger partial charge in [-0.15, -0.1) is 0 Å². The fourth-order valence-electron chi connectivity index (χ4n) is 2.81. The van der Waals surface area contributed by atoms with E-state index in [1.54, 1.807) is 37.3 Å². The molecule has 144 valence electrons. The number of halogens is 1. The molecule has 9 heteroatoms. The number of hydrazine groups is 1. The van der Waals surface area contributed by atoms with Gasteiger partial charge in [0, 0.05) is 12.2 Å². The number of sulfonamides is 1. The Balaban J connectivity index is 1.76. The van der Waals surface area contributed by atoms with Crippen molar-refractivity contribution in [1.82, 2.24) is 10.9 Å². The topological polar surface area (TPSA) is 99.3 Å². The van der Waals surface area contributed by atoms with Crippen LogP contribution in [0.4, 0.5) is 15.8 Å². The number of amides is 1. The number of aryl methyl sites for hydroxylation is 2. The standard InChI is InChI=1S/C18H21FN4O3S/c1-11-3-6-13(7-4-11)23-27(25,26)18-14(10-20-22-18)17(24)21-16-9-12(2)5-8-15(16)19/h3-9,14,18,20,22-23H,10H2,1-2H3,(H,21,24). The Hall–Kier alpha value is -2.49. The van der Waals surface area contributed by atoms with Gasteiger partial charge in [0.05, 0.1) is 11.6 Å². The Bertz CT molecular complexity index is 948. The first-order chi connectivity index (χ1) is 12.8. The molecule has 3 rings (SSSR count). The fourth-order valence-corrected chi connectivity index (χ4v) is 4.29. The van der Waals surface area contributed by atoms with Crippen molar-refractivity contribution in [2.45, 2.75) is 19.2 Å². The van der Waals surface area contributed by atoms with Crippen LogP contribution in [-0.2, 0) is 14.8 Å². The minimum absolute atomic E-state index is 0.0227. The lowest BCUT2D eigenvalue weighted by Gasteiger charge is -2.20. The van der Waals surface area contributed by atoms with Crippen LogP contribution >= 0.6 is 0 Å². The van der Waals surface area contributed by atoms with E-state index < -0.39 is 33.0 Å². The monoisotopic (exact) mass is 392 g/mol. The maximum atomic E-state index is 13.9. The normalized spacial score (nSPS) is 19.7. The highest BCUT2D eigenvalue weighted by molar-refractivity contribution is 7.93. The second-order valence-electron chi connectivity index (χ2n) is 6.54. The summed E-state index contributed by atoms with van der Waals surface area (Å²) in [6, 6.07) is 11.2. The van der Waals surface area contributed by atoms with Crippen LogP contribution < -0.4 is 20.9 Å². The summed E-state index contributed by atoms with van der Waals surface area (Å²) in [5.74, 6) is -2.10. The number of hydrogen-bond donors (Lipinski definition) is 4. The van der Waals surface area contributed by atoms with E-state index in [4.69, 9.17) is 0 Å². The molecule has 0 radical (unpaired) electrons. The van der Waals surface area contributed by atoms with Crippen LogP contribution in [-0.4, -0.2) is 26.2 Å². The van der Waals surface area contributed by atoms with Gasteiger partial charge in [0.25, 0.3) is 10.0 Å². The van der Waals surface area contributed by atoms with Crippen LogP contribution in [0.3, 0.4) is 0 Å². The smallest absolute Gasteiger partial charge is 0.250 e. The van der Waals surface area contributed by atoms with Crippen LogP contribution in [0.25, 0.3) is 0 Å². The summed E-state index contributed by atoms with van der Waals surface area (Å²) >= 11 is 0. The summed E-state index contributed by atoms with van der Waals surface area (Å²) in [7, 11) is -3.91. The molecule has 1 aliphatic heterocycles. The molecule has 0 spiro atoms. The molecule has 4 N–H and O–H groups in total. The molecular weight excluding hydrogens is 371 g/mol. The van der Waals surface area contributed by atoms with E-state index in [-0.39, 0.29) is 12.2 Å². The van der Waals surface area contributed by atoms with Gasteiger partial charge >= 0.3 is 0 Å². The predicted octanol–water partition coefficient (Wildman–Crippen LogP) is 1.87. The lowest BCUT2D eigenvalue weighted by Crippen LogP contribution is -2.45. The van der Waals surface area contributed by atoms with Gasteiger partial charge in [0.1, 0.15) is 5.82 Å². The number of anilines is 2. The Morgan fingerprint density at radius 3 is 2.48 bits per heavy atom. The highest BCUT2D eigenvalue weighted by Crippen LogP contribution is 2.22. The minimum Gasteiger partial charge on any atom is -0.323 e. The van der Waals surface area contributed by atoms with E-state index in [2.05, 4.69) is 20.9 Å². The molecule has 0 aromatic heterocycles. The summed E-state index contributed by atoms with van der Waals surface area (Å²) in [4.78, 5) is 12.6. The van der Waals surface area contributed by atoms with E-state index in [1.807, 2.05) is 6.92 Å². The van der Waals surface area contributed by atoms with E-state index in [0.29, 0.717) is 5.69 Å². The van der Waals surface area contributed by atoms with E-state index in [1.165, 1.54) is 12.1 Å². The second-order valence-corrected chi connectivity index (χ2v) is 8.34. The number of benzene rings is 2. The first kappa shape index (κ1) is 19.3. The average Bonchev–Trinajstić information content (AvgIpc) is 3.11. The van der Waals surface area contributed by atoms with Gasteiger partial charge in [-0.3, -0.25) is 14.9 Å². The molecule has 2 aromatic rings. The molecule has 2 atom stereocenters. The van der Waals surface area contributed by atoms with Crippen LogP contribution in [0.1, 0.15) is 11.1 Å². The Kier molecular flexibility index (Phi) is 5.45. The number of rotatable bonds is 5. The predicted molar refractivity (Wildman–Crippen MR) is 102 cm³/mol. The molecule has 1 amide bonds. The van der Waals surface area contributed by atoms with Crippen molar-refractivity contribution in [3.63, 3.8) is 0 Å². The van der Waals surface area contributed by atoms with Gasteiger partial charge in [-0.2, -0.15) is 0 Å². The summed E-state index contributed by atoms with van der Waals surface area (Å²) in [5.41, 5.74) is 7.51. The molecule has 1 saturated heterocycles. The first-order valence-electron chi connectivity index (χ1n) is 8.40. The van der Waals surface area contributed by atoms with Crippen molar-refractivity contribution in [3.8, 4) is 0 Å². The zero-order valence-electron chi connectivity index (χ0n) is 14.9. The Labute approximate surface area is 157 Å². The number of nitrogens with one attached hydrogen (secondary N) is 4. The molecule has 2 unspecified atom stereocenters. The van der Waals surface area contributed by atoms with Crippen LogP contribution in [0.2, 0.25) is 0 Å². The molecule has 1 heterocycles. The number of hydrogen-bond acceptors (Lipinski definition) is 5. The van der Waals surface area contributed by atoms with Gasteiger partial charge in [0.2, 0.25) is 5.91 Å². The SMILES string of the molecule is Cc1ccc(NS(=O)(=O)C2NNCC2C(=O)Nc2cc(C)ccc2F)cc1. The highest BCUT2D eigenvalue weighted by Gasteiger charge is 2.42. The molecule has 1 aliphatic rings. The zero-order chi connectivity index (χ0) is 19.6. The highest BCUT2D eigenvalue weighted by atomic mass is 32.2. The molecular formula is C18H21FN4O3S. The zero-order valence-corrected chi connectivity index (χ0v) is 15.7. The van der Waals surface area contributed by atoms with Crippen LogP contribution in [0.5, 0.6) is 0 Å². The van der Waals surface area contributed by atoms with Crippen molar-refractivity contribution in [2.75, 3.05) is 16.6 Å². The van der Waals surface area contributed by atoms with E-state index >= 15 is 0 Å². The minimum atomic E-state index is -3.91. The van der Waals surface area contributed by atoms with E-state index in [0.717, 1.165) is 11.1 Å². The molecule has 2 aromatic carbocycles. The third-order valence-electron chi connectivity index (χ3n) is 4.29. The molecule has 7 nitrogen and oxygen atoms in total. The summed E-state index contributed by atoms with van der Waals surface area (Å²) in [6.45, 7) is 3.76. The summed E-state index contributed by atoms with van der Waals surface area (Å²) < 4.78 is 41.8. The first-order valence-corrected chi connectivity index (χ1v) is 9.94. The van der Waals surface area contributed by atoms with Gasteiger partial charge in [0.15, 0.2) is 5.37 Å². The third-order valence-corrected chi connectivity index (χ3v) is 5.93. The quantitative estimate of drug-likeness (QED) is 0.623. The van der Waals surface area contributed by atoms with Gasteiger partial charge in [-0.25, -0.2) is 18.2 Å². The van der Waals surface area contributed by atoms with E-state index in [9.17, 15) is 17.6 Å². The maximum Gasteiger partial charge on any atom is 0.250 e. The molecule has 0 saturated carbocycles. The lowest BCUT2D eigenvalue weighted by molar-refractivity contribution is -0.119. The maximum absolute atomic E-state index is 13.9. The Morgan fingerprint density at radius 1 is 1.11 bits per heavy atom.